The highest BCUT2D eigenvalue weighted by Gasteiger charge is 1.95. The summed E-state index contributed by atoms with van der Waals surface area (Å²) in [4.78, 5) is 0. The fraction of sp³-hybridized carbons (Fsp3) is 0.556. The number of hydrogen-bond donors (Lipinski definition) is 0. The predicted molar refractivity (Wildman–Crippen MR) is 42.1 cm³/mol. The molecule has 0 amide bonds. The molecule has 0 aromatic rings. The SMILES string of the molecule is [CH]=CCCC(C)CC=C. The average Bonchev–Trinajstić information content (AvgIpc) is 1.85. The minimum atomic E-state index is 0.738. The highest BCUT2D eigenvalue weighted by molar-refractivity contribution is 4.72. The Morgan fingerprint density at radius 3 is 2.78 bits per heavy atom. The van der Waals surface area contributed by atoms with Crippen LogP contribution in [0.5, 0.6) is 0 Å². The lowest BCUT2D eigenvalue weighted by Gasteiger charge is -2.04. The number of hydrogen-bond acceptors (Lipinski definition) is 0. The Morgan fingerprint density at radius 1 is 1.67 bits per heavy atom. The maximum absolute atomic E-state index is 5.22. The molecule has 0 aliphatic heterocycles. The van der Waals surface area contributed by atoms with Crippen LogP contribution in [0, 0.1) is 12.5 Å². The van der Waals surface area contributed by atoms with E-state index in [0.29, 0.717) is 0 Å². The van der Waals surface area contributed by atoms with Crippen LogP contribution in [0.15, 0.2) is 18.7 Å². The van der Waals surface area contributed by atoms with E-state index in [1.54, 1.807) is 6.08 Å². The van der Waals surface area contributed by atoms with Crippen molar-refractivity contribution >= 4 is 0 Å². The highest BCUT2D eigenvalue weighted by Crippen LogP contribution is 2.09. The van der Waals surface area contributed by atoms with Crippen molar-refractivity contribution in [1.82, 2.24) is 0 Å². The molecule has 0 aromatic carbocycles. The van der Waals surface area contributed by atoms with Gasteiger partial charge in [0, 0.05) is 0 Å². The first-order chi connectivity index (χ1) is 4.31. The smallest absolute Gasteiger partial charge is 0.0327 e. The zero-order chi connectivity index (χ0) is 7.11. The van der Waals surface area contributed by atoms with Crippen molar-refractivity contribution in [3.8, 4) is 0 Å². The molecule has 0 aliphatic rings. The molecule has 1 unspecified atom stereocenters. The van der Waals surface area contributed by atoms with Crippen LogP contribution >= 0.6 is 0 Å². The van der Waals surface area contributed by atoms with Crippen molar-refractivity contribution in [1.29, 1.82) is 0 Å². The third-order valence-corrected chi connectivity index (χ3v) is 1.40. The molecule has 1 atom stereocenters. The van der Waals surface area contributed by atoms with Crippen LogP contribution in [0.25, 0.3) is 0 Å². The molecule has 0 rings (SSSR count). The second kappa shape index (κ2) is 5.61. The molecule has 51 valence electrons. The molecule has 0 spiro atoms. The zero-order valence-corrected chi connectivity index (χ0v) is 6.14. The van der Waals surface area contributed by atoms with Gasteiger partial charge in [-0.15, -0.1) is 6.58 Å². The summed E-state index contributed by atoms with van der Waals surface area (Å²) in [5.41, 5.74) is 0. The lowest BCUT2D eigenvalue weighted by Crippen LogP contribution is -1.89. The molecule has 1 radical (unpaired) electrons. The topological polar surface area (TPSA) is 0 Å². The first-order valence-corrected chi connectivity index (χ1v) is 3.45. The third kappa shape index (κ3) is 5.35. The van der Waals surface area contributed by atoms with Crippen molar-refractivity contribution < 1.29 is 0 Å². The molecule has 0 nitrogen and oxygen atoms in total. The van der Waals surface area contributed by atoms with E-state index in [2.05, 4.69) is 13.5 Å². The Bertz CT molecular complexity index is 82.0. The largest absolute Gasteiger partial charge is 0.103 e. The van der Waals surface area contributed by atoms with Crippen molar-refractivity contribution in [3.05, 3.63) is 25.3 Å². The molecule has 0 saturated carbocycles. The van der Waals surface area contributed by atoms with Gasteiger partial charge >= 0.3 is 0 Å². The van der Waals surface area contributed by atoms with Gasteiger partial charge in [0.1, 0.15) is 0 Å². The normalized spacial score (nSPS) is 12.6. The van der Waals surface area contributed by atoms with E-state index in [1.807, 2.05) is 6.08 Å². The van der Waals surface area contributed by atoms with Crippen molar-refractivity contribution in [2.24, 2.45) is 5.92 Å². The van der Waals surface area contributed by atoms with E-state index in [-0.39, 0.29) is 0 Å². The molecular formula is C9H15. The van der Waals surface area contributed by atoms with E-state index in [0.717, 1.165) is 18.8 Å². The Kier molecular flexibility index (Phi) is 5.29. The average molecular weight is 123 g/mol. The summed E-state index contributed by atoms with van der Waals surface area (Å²) in [5.74, 6) is 0.738. The van der Waals surface area contributed by atoms with Gasteiger partial charge in [-0.2, -0.15) is 0 Å². The minimum absolute atomic E-state index is 0.738. The zero-order valence-electron chi connectivity index (χ0n) is 6.14. The lowest BCUT2D eigenvalue weighted by atomic mass is 10.0. The number of allylic oxidation sites excluding steroid dienone is 2. The van der Waals surface area contributed by atoms with Crippen LogP contribution in [0.4, 0.5) is 0 Å². The molecule has 0 bridgehead atoms. The lowest BCUT2D eigenvalue weighted by molar-refractivity contribution is 0.547. The van der Waals surface area contributed by atoms with Gasteiger partial charge < -0.3 is 0 Å². The van der Waals surface area contributed by atoms with Crippen LogP contribution in [-0.4, -0.2) is 0 Å². The Morgan fingerprint density at radius 2 is 2.33 bits per heavy atom. The van der Waals surface area contributed by atoms with Gasteiger partial charge in [0.15, 0.2) is 0 Å². The summed E-state index contributed by atoms with van der Waals surface area (Å²) in [5, 5.41) is 0. The molecular weight excluding hydrogens is 108 g/mol. The first-order valence-electron chi connectivity index (χ1n) is 3.45. The maximum atomic E-state index is 5.22. The van der Waals surface area contributed by atoms with Crippen molar-refractivity contribution in [2.45, 2.75) is 26.2 Å². The Hall–Kier alpha value is -0.520. The summed E-state index contributed by atoms with van der Waals surface area (Å²) < 4.78 is 0. The summed E-state index contributed by atoms with van der Waals surface area (Å²) in [6.07, 6.45) is 6.99. The number of rotatable bonds is 5. The van der Waals surface area contributed by atoms with Crippen LogP contribution < -0.4 is 0 Å². The van der Waals surface area contributed by atoms with Crippen LogP contribution in [0.3, 0.4) is 0 Å². The van der Waals surface area contributed by atoms with Crippen molar-refractivity contribution in [2.75, 3.05) is 0 Å². The van der Waals surface area contributed by atoms with Gasteiger partial charge in [-0.25, -0.2) is 0 Å². The fourth-order valence-electron chi connectivity index (χ4n) is 0.783. The molecule has 0 heteroatoms. The quantitative estimate of drug-likeness (QED) is 0.493. The van der Waals surface area contributed by atoms with Crippen LogP contribution in [0.2, 0.25) is 0 Å². The summed E-state index contributed by atoms with van der Waals surface area (Å²) in [6.45, 7) is 11.1. The van der Waals surface area contributed by atoms with Gasteiger partial charge in [0.2, 0.25) is 0 Å². The predicted octanol–water partition coefficient (Wildman–Crippen LogP) is 2.97. The van der Waals surface area contributed by atoms with E-state index in [4.69, 9.17) is 6.58 Å². The second-order valence-corrected chi connectivity index (χ2v) is 2.44. The fourth-order valence-corrected chi connectivity index (χ4v) is 0.783. The van der Waals surface area contributed by atoms with Gasteiger partial charge in [0.25, 0.3) is 0 Å². The molecule has 0 saturated heterocycles. The van der Waals surface area contributed by atoms with Gasteiger partial charge in [0.05, 0.1) is 0 Å². The summed E-state index contributed by atoms with van der Waals surface area (Å²) in [6, 6.07) is 0. The van der Waals surface area contributed by atoms with Gasteiger partial charge in [-0.1, -0.05) is 25.7 Å². The van der Waals surface area contributed by atoms with Gasteiger partial charge in [-0.05, 0) is 25.2 Å². The van der Waals surface area contributed by atoms with E-state index in [9.17, 15) is 0 Å². The van der Waals surface area contributed by atoms with E-state index >= 15 is 0 Å². The molecule has 9 heavy (non-hydrogen) atoms. The molecule has 0 aromatic heterocycles. The standard InChI is InChI=1S/C9H15/c1-4-6-8-9(3)7-5-2/h1,4-5,9H,2,6-8H2,3H3. The minimum Gasteiger partial charge on any atom is -0.103 e. The van der Waals surface area contributed by atoms with E-state index in [1.165, 1.54) is 6.42 Å². The molecule has 0 aliphatic carbocycles. The summed E-state index contributed by atoms with van der Waals surface area (Å²) in [7, 11) is 0. The molecule has 0 fully saturated rings. The van der Waals surface area contributed by atoms with Crippen molar-refractivity contribution in [3.63, 3.8) is 0 Å². The van der Waals surface area contributed by atoms with Gasteiger partial charge in [-0.3, -0.25) is 0 Å². The Labute approximate surface area is 58.3 Å². The third-order valence-electron chi connectivity index (χ3n) is 1.40. The van der Waals surface area contributed by atoms with E-state index < -0.39 is 0 Å². The molecule has 0 N–H and O–H groups in total. The second-order valence-electron chi connectivity index (χ2n) is 2.44. The summed E-state index contributed by atoms with van der Waals surface area (Å²) >= 11 is 0. The van der Waals surface area contributed by atoms with Crippen LogP contribution in [-0.2, 0) is 0 Å². The van der Waals surface area contributed by atoms with Crippen LogP contribution in [0.1, 0.15) is 26.2 Å². The highest BCUT2D eigenvalue weighted by atomic mass is 14.0. The monoisotopic (exact) mass is 123 g/mol. The first kappa shape index (κ1) is 8.48. The molecule has 0 heterocycles. The Balaban J connectivity index is 3.14. The maximum Gasteiger partial charge on any atom is -0.0327 e.